The first-order valence-electron chi connectivity index (χ1n) is 6.26. The van der Waals surface area contributed by atoms with Crippen molar-refractivity contribution >= 4 is 37.0 Å². The van der Waals surface area contributed by atoms with Crippen LogP contribution >= 0.6 is 22.0 Å². The number of ether oxygens (including phenoxy) is 1. The Bertz CT molecular complexity index is 605. The van der Waals surface area contributed by atoms with Crippen molar-refractivity contribution in [2.24, 2.45) is 0 Å². The Morgan fingerprint density at radius 2 is 2.30 bits per heavy atom. The zero-order valence-corrected chi connectivity index (χ0v) is 13.6. The lowest BCUT2D eigenvalue weighted by atomic mass is 10.1. The Kier molecular flexibility index (Phi) is 4.73. The molecule has 2 atom stereocenters. The van der Waals surface area contributed by atoms with E-state index in [1.54, 1.807) is 6.92 Å². The Morgan fingerprint density at radius 3 is 2.80 bits per heavy atom. The number of nitrogens with one attached hydrogen (secondary N) is 1. The van der Waals surface area contributed by atoms with E-state index in [1.807, 2.05) is 6.92 Å². The van der Waals surface area contributed by atoms with Gasteiger partial charge in [0, 0.05) is 22.7 Å². The van der Waals surface area contributed by atoms with Gasteiger partial charge in [-0.15, -0.1) is 11.3 Å². The average molecular weight is 338 g/mol. The van der Waals surface area contributed by atoms with Gasteiger partial charge in [0.2, 0.25) is 0 Å². The third kappa shape index (κ3) is 3.33. The summed E-state index contributed by atoms with van der Waals surface area (Å²) in [4.78, 5) is 12.2. The van der Waals surface area contributed by atoms with Gasteiger partial charge in [-0.2, -0.15) is 0 Å². The molecule has 1 amide bonds. The van der Waals surface area contributed by atoms with Crippen LogP contribution in [0.5, 0.6) is 0 Å². The van der Waals surface area contributed by atoms with E-state index in [4.69, 9.17) is 15.4 Å². The number of thiophene rings is 1. The normalized spacial score (nSPS) is 20.9. The molecule has 20 heavy (non-hydrogen) atoms. The highest BCUT2D eigenvalue weighted by Gasteiger charge is 2.26. The topological polar surface area (TPSA) is 72.5 Å². The summed E-state index contributed by atoms with van der Waals surface area (Å²) in [7, 11) is 1.52. The van der Waals surface area contributed by atoms with E-state index in [0.717, 1.165) is 30.8 Å². The molecule has 1 N–H and O–H groups in total. The van der Waals surface area contributed by atoms with Gasteiger partial charge in [0.05, 0.1) is 17.7 Å². The quantitative estimate of drug-likeness (QED) is 0.855. The first-order valence-corrected chi connectivity index (χ1v) is 9.45. The van der Waals surface area contributed by atoms with E-state index in [1.165, 1.54) is 5.38 Å². The maximum atomic E-state index is 12.2. The van der Waals surface area contributed by atoms with Gasteiger partial charge in [-0.05, 0) is 32.3 Å². The van der Waals surface area contributed by atoms with E-state index in [9.17, 15) is 13.2 Å². The SMILES string of the molecule is Cc1c(C(=O)NC(C)C2CCCO2)csc1S(=O)(=O)Cl. The molecule has 1 aromatic rings. The fourth-order valence-corrected chi connectivity index (χ4v) is 4.79. The van der Waals surface area contributed by atoms with Crippen molar-refractivity contribution in [1.82, 2.24) is 5.32 Å². The lowest BCUT2D eigenvalue weighted by Crippen LogP contribution is -2.40. The van der Waals surface area contributed by atoms with Crippen molar-refractivity contribution < 1.29 is 17.9 Å². The lowest BCUT2D eigenvalue weighted by molar-refractivity contribution is 0.0712. The van der Waals surface area contributed by atoms with E-state index >= 15 is 0 Å². The fraction of sp³-hybridized carbons (Fsp3) is 0.583. The van der Waals surface area contributed by atoms with Crippen molar-refractivity contribution in [3.05, 3.63) is 16.5 Å². The van der Waals surface area contributed by atoms with Gasteiger partial charge in [0.1, 0.15) is 4.21 Å². The molecule has 0 aromatic carbocycles. The average Bonchev–Trinajstić information content (AvgIpc) is 2.95. The summed E-state index contributed by atoms with van der Waals surface area (Å²) < 4.78 is 28.2. The lowest BCUT2D eigenvalue weighted by Gasteiger charge is -2.19. The van der Waals surface area contributed by atoms with Gasteiger partial charge >= 0.3 is 0 Å². The Labute approximate surface area is 126 Å². The second kappa shape index (κ2) is 6.01. The summed E-state index contributed by atoms with van der Waals surface area (Å²) in [5, 5.41) is 4.36. The van der Waals surface area contributed by atoms with Gasteiger partial charge in [0.15, 0.2) is 0 Å². The number of carbonyl (C=O) groups excluding carboxylic acids is 1. The highest BCUT2D eigenvalue weighted by atomic mass is 35.7. The second-order valence-corrected chi connectivity index (χ2v) is 8.45. The van der Waals surface area contributed by atoms with Crippen LogP contribution in [0.3, 0.4) is 0 Å². The molecule has 5 nitrogen and oxygen atoms in total. The molecule has 1 saturated heterocycles. The summed E-state index contributed by atoms with van der Waals surface area (Å²) in [6, 6.07) is -0.111. The number of amides is 1. The highest BCUT2D eigenvalue weighted by molar-refractivity contribution is 8.15. The van der Waals surface area contributed by atoms with Crippen LogP contribution in [-0.2, 0) is 13.8 Å². The largest absolute Gasteiger partial charge is 0.376 e. The third-order valence-corrected chi connectivity index (χ3v) is 6.65. The minimum atomic E-state index is -3.80. The Morgan fingerprint density at radius 1 is 1.60 bits per heavy atom. The summed E-state index contributed by atoms with van der Waals surface area (Å²) in [6.07, 6.45) is 1.94. The Balaban J connectivity index is 2.12. The van der Waals surface area contributed by atoms with Crippen LogP contribution in [-0.4, -0.2) is 33.1 Å². The van der Waals surface area contributed by atoms with Crippen molar-refractivity contribution in [3.63, 3.8) is 0 Å². The molecule has 0 radical (unpaired) electrons. The smallest absolute Gasteiger partial charge is 0.271 e. The van der Waals surface area contributed by atoms with Crippen LogP contribution in [0.1, 0.15) is 35.7 Å². The van der Waals surface area contributed by atoms with Crippen molar-refractivity contribution in [1.29, 1.82) is 0 Å². The van der Waals surface area contributed by atoms with Gasteiger partial charge in [-0.3, -0.25) is 4.79 Å². The van der Waals surface area contributed by atoms with Crippen LogP contribution in [0.15, 0.2) is 9.59 Å². The molecule has 8 heteroatoms. The first kappa shape index (κ1) is 15.8. The summed E-state index contributed by atoms with van der Waals surface area (Å²) in [5.74, 6) is -0.298. The minimum Gasteiger partial charge on any atom is -0.376 e. The molecule has 0 spiro atoms. The molecular weight excluding hydrogens is 322 g/mol. The summed E-state index contributed by atoms with van der Waals surface area (Å²) >= 11 is 0.959. The molecule has 1 fully saturated rings. The maximum Gasteiger partial charge on any atom is 0.271 e. The van der Waals surface area contributed by atoms with E-state index in [-0.39, 0.29) is 22.3 Å². The number of halogens is 1. The summed E-state index contributed by atoms with van der Waals surface area (Å²) in [6.45, 7) is 4.18. The van der Waals surface area contributed by atoms with Crippen LogP contribution in [0.25, 0.3) is 0 Å². The highest BCUT2D eigenvalue weighted by Crippen LogP contribution is 2.29. The minimum absolute atomic E-state index is 0.0223. The van der Waals surface area contributed by atoms with Gasteiger partial charge in [-0.1, -0.05) is 0 Å². The van der Waals surface area contributed by atoms with Crippen molar-refractivity contribution in [2.75, 3.05) is 6.61 Å². The number of carbonyl (C=O) groups is 1. The third-order valence-electron chi connectivity index (χ3n) is 3.34. The predicted octanol–water partition coefficient (Wildman–Crippen LogP) is 2.28. The molecule has 0 saturated carbocycles. The predicted molar refractivity (Wildman–Crippen MR) is 78.0 cm³/mol. The molecule has 2 unspecified atom stereocenters. The molecule has 112 valence electrons. The molecule has 1 aromatic heterocycles. The Hall–Kier alpha value is -0.630. The van der Waals surface area contributed by atoms with Crippen LogP contribution in [0.2, 0.25) is 0 Å². The zero-order valence-electron chi connectivity index (χ0n) is 11.2. The van der Waals surface area contributed by atoms with Crippen LogP contribution < -0.4 is 5.32 Å². The number of rotatable bonds is 4. The molecule has 1 aliphatic heterocycles. The van der Waals surface area contributed by atoms with Crippen LogP contribution in [0.4, 0.5) is 0 Å². The van der Waals surface area contributed by atoms with E-state index in [2.05, 4.69) is 5.32 Å². The molecule has 0 aliphatic carbocycles. The molecule has 2 heterocycles. The van der Waals surface area contributed by atoms with Crippen molar-refractivity contribution in [2.45, 2.75) is 43.0 Å². The molecular formula is C12H16ClNO4S2. The summed E-state index contributed by atoms with van der Waals surface area (Å²) in [5.41, 5.74) is 0.737. The first-order chi connectivity index (χ1) is 9.30. The van der Waals surface area contributed by atoms with E-state index in [0.29, 0.717) is 11.1 Å². The monoisotopic (exact) mass is 337 g/mol. The number of hydrogen-bond acceptors (Lipinski definition) is 5. The second-order valence-electron chi connectivity index (χ2n) is 4.81. The molecule has 2 rings (SSSR count). The van der Waals surface area contributed by atoms with Gasteiger partial charge in [0.25, 0.3) is 15.0 Å². The van der Waals surface area contributed by atoms with E-state index < -0.39 is 9.05 Å². The zero-order chi connectivity index (χ0) is 14.9. The molecule has 0 bridgehead atoms. The number of hydrogen-bond donors (Lipinski definition) is 1. The standard InChI is InChI=1S/C12H16ClNO4S2/c1-7-9(6-19-12(7)20(13,16)17)11(15)14-8(2)10-4-3-5-18-10/h6,8,10H,3-5H2,1-2H3,(H,14,15). The van der Waals surface area contributed by atoms with Crippen LogP contribution in [0, 0.1) is 6.92 Å². The fourth-order valence-electron chi connectivity index (χ4n) is 2.24. The van der Waals surface area contributed by atoms with Crippen molar-refractivity contribution in [3.8, 4) is 0 Å². The maximum absolute atomic E-state index is 12.2. The van der Waals surface area contributed by atoms with Gasteiger partial charge in [-0.25, -0.2) is 8.42 Å². The molecule has 1 aliphatic rings. The van der Waals surface area contributed by atoms with Gasteiger partial charge < -0.3 is 10.1 Å².